The number of phenols is 1. The molecule has 3 atom stereocenters. The number of rotatable bonds is 8. The molecule has 18 heteroatoms. The van der Waals surface area contributed by atoms with Crippen LogP contribution in [0.2, 0.25) is 0 Å². The molecule has 6 fully saturated rings. The smallest absolute Gasteiger partial charge is 0.319 e. The van der Waals surface area contributed by atoms with E-state index in [1.165, 1.54) is 6.07 Å². The van der Waals surface area contributed by atoms with E-state index in [1.54, 1.807) is 30.3 Å². The average Bonchev–Trinajstić information content (AvgIpc) is 3.67. The summed E-state index contributed by atoms with van der Waals surface area (Å²) in [7, 11) is 1.88. The van der Waals surface area contributed by atoms with Crippen molar-refractivity contribution in [2.24, 2.45) is 0 Å². The van der Waals surface area contributed by atoms with Crippen LogP contribution in [0.25, 0.3) is 11.3 Å². The highest BCUT2D eigenvalue weighted by Gasteiger charge is 2.40. The number of nitrogens with zero attached hydrogens (tertiary/aromatic N) is 8. The van der Waals surface area contributed by atoms with E-state index in [4.69, 9.17) is 19.9 Å². The third kappa shape index (κ3) is 8.35. The molecular weight excluding hydrogens is 836 g/mol. The summed E-state index contributed by atoms with van der Waals surface area (Å²) in [5.74, 6) is 0.420. The molecule has 4 N–H and O–H groups in total. The molecule has 1 unspecified atom stereocenters. The first-order chi connectivity index (χ1) is 31.6. The number of imide groups is 1. The van der Waals surface area contributed by atoms with Crippen molar-refractivity contribution in [1.29, 1.82) is 0 Å². The van der Waals surface area contributed by atoms with Gasteiger partial charge in [0.15, 0.2) is 23.1 Å². The van der Waals surface area contributed by atoms with Crippen LogP contribution in [0.3, 0.4) is 0 Å². The van der Waals surface area contributed by atoms with Crippen molar-refractivity contribution in [3.63, 3.8) is 0 Å². The molecule has 0 saturated carbocycles. The highest BCUT2D eigenvalue weighted by Crippen LogP contribution is 2.43. The van der Waals surface area contributed by atoms with Crippen molar-refractivity contribution in [3.8, 4) is 28.5 Å². The number of amides is 4. The van der Waals surface area contributed by atoms with Gasteiger partial charge in [-0.25, -0.2) is 9.18 Å². The Bertz CT molecular complexity index is 2450. The van der Waals surface area contributed by atoms with Crippen molar-refractivity contribution >= 4 is 46.4 Å². The van der Waals surface area contributed by atoms with Crippen molar-refractivity contribution in [2.75, 3.05) is 98.0 Å². The van der Waals surface area contributed by atoms with E-state index >= 15 is 4.39 Å². The maximum atomic E-state index is 15.4. The van der Waals surface area contributed by atoms with E-state index in [2.05, 4.69) is 35.1 Å². The lowest BCUT2D eigenvalue weighted by Crippen LogP contribution is -2.58. The van der Waals surface area contributed by atoms with Crippen molar-refractivity contribution < 1.29 is 38.1 Å². The topological polar surface area (TPSA) is 182 Å². The van der Waals surface area contributed by atoms with Crippen LogP contribution in [0.5, 0.6) is 17.2 Å². The van der Waals surface area contributed by atoms with Crippen LogP contribution < -0.4 is 40.1 Å². The van der Waals surface area contributed by atoms with E-state index in [0.29, 0.717) is 95.3 Å². The number of aromatic hydroxyl groups is 1. The SMILES string of the molecule is CN(C(=O)N1CCC(Oc2cc(N3CC4COC[C@H]3CN4c3cc(-c4ccccc4O)nnc3N)ccc2F)CC1)C1CCN(c2cccc3c2OCCN3[C@H]2CCC(=O)NC2=O)CC1. The number of piperazine rings is 1. The minimum atomic E-state index is -0.433. The summed E-state index contributed by atoms with van der Waals surface area (Å²) in [6.07, 6.45) is 3.28. The second-order valence-corrected chi connectivity index (χ2v) is 17.8. The lowest BCUT2D eigenvalue weighted by atomic mass is 10.0. The van der Waals surface area contributed by atoms with E-state index < -0.39 is 11.9 Å². The van der Waals surface area contributed by atoms with Gasteiger partial charge in [-0.2, -0.15) is 0 Å². The lowest BCUT2D eigenvalue weighted by Gasteiger charge is -2.45. The third-order valence-electron chi connectivity index (χ3n) is 14.0. The third-order valence-corrected chi connectivity index (χ3v) is 14.0. The number of nitrogens with two attached hydrogens (primary N) is 1. The number of phenolic OH excluding ortho intramolecular Hbond substituents is 1. The van der Waals surface area contributed by atoms with Crippen molar-refractivity contribution in [3.05, 3.63) is 72.5 Å². The first kappa shape index (κ1) is 42.4. The standard InChI is InChI=1S/C47H55FN10O7/c1-53(29-13-17-54(18-14-29)37-6-4-7-38-44(37)64-22-21-56(38)39-11-12-43(60)50-46(39)61)47(62)55-19-15-33(16-20-55)65-42-23-30(9-10-35(42)48)57-25-32-28-63-27-31(57)26-58(32)40-24-36(51-52-45(40)49)34-5-2-3-8-41(34)59/h2-10,23-24,29,31-33,39,59H,11-22,25-28H2,1H3,(H2,49,52)(H,50,60,61)/t31-,32?,39+/m1/s1. The summed E-state index contributed by atoms with van der Waals surface area (Å²) in [5.41, 5.74) is 10.9. The summed E-state index contributed by atoms with van der Waals surface area (Å²) in [6, 6.07) is 19.4. The molecule has 7 aliphatic heterocycles. The average molecular weight is 891 g/mol. The molecule has 0 radical (unpaired) electrons. The zero-order valence-electron chi connectivity index (χ0n) is 36.5. The minimum Gasteiger partial charge on any atom is -0.507 e. The molecule has 3 aromatic carbocycles. The van der Waals surface area contributed by atoms with Gasteiger partial charge in [-0.05, 0) is 61.7 Å². The summed E-state index contributed by atoms with van der Waals surface area (Å²) in [4.78, 5) is 51.0. The number of fused-ring (bicyclic) bond motifs is 5. The number of para-hydroxylation sites is 2. The quantitative estimate of drug-likeness (QED) is 0.214. The number of carbonyl (C=O) groups is 3. The first-order valence-corrected chi connectivity index (χ1v) is 22.7. The number of urea groups is 1. The van der Waals surface area contributed by atoms with Crippen LogP contribution in [0.15, 0.2) is 66.7 Å². The number of likely N-dealkylation sites (tertiary alicyclic amines) is 1. The maximum absolute atomic E-state index is 15.4. The number of halogens is 1. The minimum absolute atomic E-state index is 0.0124. The van der Waals surface area contributed by atoms with Crippen LogP contribution in [-0.4, -0.2) is 146 Å². The molecule has 342 valence electrons. The lowest BCUT2D eigenvalue weighted by molar-refractivity contribution is -0.134. The Hall–Kier alpha value is -6.56. The van der Waals surface area contributed by atoms with Gasteiger partial charge < -0.3 is 54.5 Å². The fourth-order valence-corrected chi connectivity index (χ4v) is 10.4. The predicted octanol–water partition coefficient (Wildman–Crippen LogP) is 4.23. The van der Waals surface area contributed by atoms with Crippen LogP contribution in [0.4, 0.5) is 37.8 Å². The normalized spacial score (nSPS) is 22.9. The van der Waals surface area contributed by atoms with E-state index in [1.807, 2.05) is 47.2 Å². The second kappa shape index (κ2) is 17.8. The Morgan fingerprint density at radius 1 is 0.862 bits per heavy atom. The molecule has 11 rings (SSSR count). The number of nitrogen functional groups attached to an aromatic ring is 1. The zero-order valence-corrected chi connectivity index (χ0v) is 36.5. The number of aromatic nitrogens is 2. The number of piperidine rings is 3. The van der Waals surface area contributed by atoms with E-state index in [0.717, 1.165) is 54.4 Å². The molecular formula is C47H55FN10O7. The molecule has 8 heterocycles. The second-order valence-electron chi connectivity index (χ2n) is 17.8. The van der Waals surface area contributed by atoms with Gasteiger partial charge >= 0.3 is 6.03 Å². The summed E-state index contributed by atoms with van der Waals surface area (Å²) >= 11 is 0. The van der Waals surface area contributed by atoms with E-state index in [9.17, 15) is 19.5 Å². The van der Waals surface area contributed by atoms with Crippen molar-refractivity contribution in [2.45, 2.75) is 68.8 Å². The van der Waals surface area contributed by atoms with Gasteiger partial charge in [0.25, 0.3) is 0 Å². The highest BCUT2D eigenvalue weighted by atomic mass is 19.1. The Labute approximate surface area is 376 Å². The fraction of sp³-hybridized carbons (Fsp3) is 0.468. The number of benzene rings is 3. The van der Waals surface area contributed by atoms with Gasteiger partial charge in [-0.15, -0.1) is 10.2 Å². The molecule has 4 aromatic rings. The number of anilines is 5. The fourth-order valence-electron chi connectivity index (χ4n) is 10.4. The highest BCUT2D eigenvalue weighted by molar-refractivity contribution is 6.02. The Morgan fingerprint density at radius 3 is 2.40 bits per heavy atom. The number of carbonyl (C=O) groups excluding carboxylic acids is 3. The number of nitrogens with one attached hydrogen (secondary N) is 1. The molecule has 4 amide bonds. The molecule has 0 spiro atoms. The van der Waals surface area contributed by atoms with Crippen LogP contribution in [0.1, 0.15) is 38.5 Å². The zero-order chi connectivity index (χ0) is 44.8. The molecule has 2 bridgehead atoms. The number of hydrogen-bond donors (Lipinski definition) is 3. The predicted molar refractivity (Wildman–Crippen MR) is 242 cm³/mol. The largest absolute Gasteiger partial charge is 0.507 e. The van der Waals surface area contributed by atoms with E-state index in [-0.39, 0.29) is 53.6 Å². The Kier molecular flexibility index (Phi) is 11.6. The molecule has 6 saturated heterocycles. The van der Waals surface area contributed by atoms with Crippen LogP contribution >= 0.6 is 0 Å². The van der Waals surface area contributed by atoms with Crippen LogP contribution in [0, 0.1) is 5.82 Å². The number of hydrogen-bond acceptors (Lipinski definition) is 14. The Morgan fingerprint density at radius 2 is 1.62 bits per heavy atom. The summed E-state index contributed by atoms with van der Waals surface area (Å²) in [6.45, 7) is 5.64. The van der Waals surface area contributed by atoms with Gasteiger partial charge in [0.2, 0.25) is 11.8 Å². The van der Waals surface area contributed by atoms with Crippen molar-refractivity contribution in [1.82, 2.24) is 25.3 Å². The van der Waals surface area contributed by atoms with Gasteiger partial charge in [-0.3, -0.25) is 14.9 Å². The molecule has 1 aromatic heterocycles. The van der Waals surface area contributed by atoms with Gasteiger partial charge in [0.05, 0.1) is 54.6 Å². The van der Waals surface area contributed by atoms with Gasteiger partial charge in [-0.1, -0.05) is 18.2 Å². The monoisotopic (exact) mass is 890 g/mol. The molecule has 65 heavy (non-hydrogen) atoms. The molecule has 7 aliphatic rings. The van der Waals surface area contributed by atoms with Crippen LogP contribution in [-0.2, 0) is 14.3 Å². The summed E-state index contributed by atoms with van der Waals surface area (Å²) in [5, 5.41) is 21.5. The summed E-state index contributed by atoms with van der Waals surface area (Å²) < 4.78 is 34.1. The molecule has 17 nitrogen and oxygen atoms in total. The molecule has 0 aliphatic carbocycles. The van der Waals surface area contributed by atoms with Gasteiger partial charge in [0.1, 0.15) is 24.5 Å². The Balaban J connectivity index is 0.733. The first-order valence-electron chi connectivity index (χ1n) is 22.7. The number of ether oxygens (including phenoxy) is 3. The van der Waals surface area contributed by atoms with Gasteiger partial charge in [0, 0.05) is 88.9 Å². The maximum Gasteiger partial charge on any atom is 0.319 e.